The maximum absolute atomic E-state index is 11.9. The predicted molar refractivity (Wildman–Crippen MR) is 64.2 cm³/mol. The summed E-state index contributed by atoms with van der Waals surface area (Å²) in [6, 6.07) is 2.81. The lowest BCUT2D eigenvalue weighted by atomic mass is 10.4. The molecule has 0 atom stereocenters. The Kier molecular flexibility index (Phi) is 5.42. The number of alkyl halides is 2. The molecule has 102 valence electrons. The molecule has 0 aromatic carbocycles. The molecule has 18 heavy (non-hydrogen) atoms. The number of aromatic nitrogens is 1. The molecule has 0 aliphatic carbocycles. The molecule has 0 saturated carbocycles. The normalized spacial score (nSPS) is 11.8. The molecule has 8 heteroatoms. The Balaban J connectivity index is 2.71. The van der Waals surface area contributed by atoms with Crippen LogP contribution in [0.4, 0.5) is 14.6 Å². The van der Waals surface area contributed by atoms with E-state index in [0.29, 0.717) is 5.82 Å². The highest BCUT2D eigenvalue weighted by atomic mass is 32.2. The first-order valence-corrected chi connectivity index (χ1v) is 6.91. The van der Waals surface area contributed by atoms with Crippen LogP contribution in [0.25, 0.3) is 0 Å². The van der Waals surface area contributed by atoms with E-state index in [4.69, 9.17) is 0 Å². The van der Waals surface area contributed by atoms with Gasteiger partial charge in [-0.1, -0.05) is 6.92 Å². The number of hydrogen-bond donors (Lipinski definition) is 2. The monoisotopic (exact) mass is 279 g/mol. The van der Waals surface area contributed by atoms with E-state index in [1.807, 2.05) is 6.92 Å². The van der Waals surface area contributed by atoms with E-state index in [1.54, 1.807) is 4.72 Å². The predicted octanol–water partition coefficient (Wildman–Crippen LogP) is 1.45. The van der Waals surface area contributed by atoms with Crippen LogP contribution < -0.4 is 10.0 Å². The lowest BCUT2D eigenvalue weighted by Gasteiger charge is -2.07. The summed E-state index contributed by atoms with van der Waals surface area (Å²) in [6.45, 7) is 1.81. The molecule has 0 aliphatic rings. The number of rotatable bonds is 7. The zero-order valence-electron chi connectivity index (χ0n) is 9.86. The highest BCUT2D eigenvalue weighted by molar-refractivity contribution is 7.89. The van der Waals surface area contributed by atoms with E-state index in [2.05, 4.69) is 10.3 Å². The van der Waals surface area contributed by atoms with E-state index in [0.717, 1.165) is 19.2 Å². The SMILES string of the molecule is CCCNc1ccc(S(=O)(=O)NCC(F)F)cn1. The standard InChI is InChI=1S/C10H15F2N3O2S/c1-2-5-13-10-4-3-8(6-14-10)18(16,17)15-7-9(11)12/h3-4,6,9,15H,2,5,7H2,1H3,(H,13,14). The van der Waals surface area contributed by atoms with Crippen molar-refractivity contribution in [2.45, 2.75) is 24.7 Å². The summed E-state index contributed by atoms with van der Waals surface area (Å²) in [5, 5.41) is 2.98. The molecule has 0 bridgehead atoms. The van der Waals surface area contributed by atoms with Crippen molar-refractivity contribution < 1.29 is 17.2 Å². The van der Waals surface area contributed by atoms with Crippen molar-refractivity contribution in [3.05, 3.63) is 18.3 Å². The van der Waals surface area contributed by atoms with Gasteiger partial charge < -0.3 is 5.32 Å². The van der Waals surface area contributed by atoms with Crippen LogP contribution in [-0.2, 0) is 10.0 Å². The van der Waals surface area contributed by atoms with Gasteiger partial charge in [-0.25, -0.2) is 26.9 Å². The van der Waals surface area contributed by atoms with Gasteiger partial charge in [0.25, 0.3) is 6.43 Å². The summed E-state index contributed by atoms with van der Waals surface area (Å²) in [5.41, 5.74) is 0. The van der Waals surface area contributed by atoms with Crippen LogP contribution >= 0.6 is 0 Å². The Morgan fingerprint density at radius 1 is 1.39 bits per heavy atom. The minimum Gasteiger partial charge on any atom is -0.370 e. The molecule has 0 amide bonds. The zero-order valence-corrected chi connectivity index (χ0v) is 10.7. The van der Waals surface area contributed by atoms with Crippen LogP contribution in [-0.4, -0.2) is 32.9 Å². The molecule has 1 aromatic heterocycles. The van der Waals surface area contributed by atoms with Crippen molar-refractivity contribution in [3.63, 3.8) is 0 Å². The second-order valence-corrected chi connectivity index (χ2v) is 5.32. The maximum atomic E-state index is 11.9. The summed E-state index contributed by atoms with van der Waals surface area (Å²) in [7, 11) is -3.91. The minimum atomic E-state index is -3.91. The Morgan fingerprint density at radius 3 is 2.61 bits per heavy atom. The van der Waals surface area contributed by atoms with E-state index in [9.17, 15) is 17.2 Å². The van der Waals surface area contributed by atoms with Crippen molar-refractivity contribution in [2.24, 2.45) is 0 Å². The van der Waals surface area contributed by atoms with E-state index in [-0.39, 0.29) is 4.90 Å². The summed E-state index contributed by atoms with van der Waals surface area (Å²) >= 11 is 0. The number of sulfonamides is 1. The molecule has 1 rings (SSSR count). The number of halogens is 2. The summed E-state index contributed by atoms with van der Waals surface area (Å²) in [5.74, 6) is 0.546. The van der Waals surface area contributed by atoms with Crippen molar-refractivity contribution in [2.75, 3.05) is 18.4 Å². The second-order valence-electron chi connectivity index (χ2n) is 3.55. The largest absolute Gasteiger partial charge is 0.370 e. The van der Waals surface area contributed by atoms with E-state index >= 15 is 0 Å². The quantitative estimate of drug-likeness (QED) is 0.792. The van der Waals surface area contributed by atoms with Crippen LogP contribution in [0.1, 0.15) is 13.3 Å². The number of pyridine rings is 1. The molecule has 0 fully saturated rings. The number of nitrogens with one attached hydrogen (secondary N) is 2. The molecular formula is C10H15F2N3O2S. The maximum Gasteiger partial charge on any atom is 0.251 e. The molecule has 1 aromatic rings. The van der Waals surface area contributed by atoms with Crippen molar-refractivity contribution in [3.8, 4) is 0 Å². The van der Waals surface area contributed by atoms with Crippen LogP contribution in [0.5, 0.6) is 0 Å². The lowest BCUT2D eigenvalue weighted by molar-refractivity contribution is 0.153. The summed E-state index contributed by atoms with van der Waals surface area (Å²) in [6.07, 6.45) is -0.679. The van der Waals surface area contributed by atoms with Crippen LogP contribution in [0.2, 0.25) is 0 Å². The Morgan fingerprint density at radius 2 is 2.11 bits per heavy atom. The van der Waals surface area contributed by atoms with Crippen LogP contribution in [0.3, 0.4) is 0 Å². The minimum absolute atomic E-state index is 0.134. The second kappa shape index (κ2) is 6.60. The molecule has 2 N–H and O–H groups in total. The molecule has 1 heterocycles. The smallest absolute Gasteiger partial charge is 0.251 e. The van der Waals surface area contributed by atoms with Crippen molar-refractivity contribution >= 4 is 15.8 Å². The average molecular weight is 279 g/mol. The van der Waals surface area contributed by atoms with Gasteiger partial charge >= 0.3 is 0 Å². The first kappa shape index (κ1) is 14.8. The van der Waals surface area contributed by atoms with Gasteiger partial charge in [0.2, 0.25) is 10.0 Å². The van der Waals surface area contributed by atoms with Crippen LogP contribution in [0.15, 0.2) is 23.2 Å². The number of nitrogens with zero attached hydrogens (tertiary/aromatic N) is 1. The first-order chi connectivity index (χ1) is 8.45. The molecule has 0 spiro atoms. The van der Waals surface area contributed by atoms with Gasteiger partial charge in [-0.2, -0.15) is 0 Å². The highest BCUT2D eigenvalue weighted by Crippen LogP contribution is 2.10. The topological polar surface area (TPSA) is 71.1 Å². The average Bonchev–Trinajstić information content (AvgIpc) is 2.34. The zero-order chi connectivity index (χ0) is 13.6. The fourth-order valence-electron chi connectivity index (χ4n) is 1.15. The van der Waals surface area contributed by atoms with Gasteiger partial charge in [0, 0.05) is 12.7 Å². The third-order valence-corrected chi connectivity index (χ3v) is 3.44. The third kappa shape index (κ3) is 4.53. The van der Waals surface area contributed by atoms with E-state index in [1.165, 1.54) is 12.1 Å². The van der Waals surface area contributed by atoms with Crippen molar-refractivity contribution in [1.82, 2.24) is 9.71 Å². The molecule has 5 nitrogen and oxygen atoms in total. The Bertz CT molecular complexity index is 463. The van der Waals surface area contributed by atoms with Gasteiger partial charge in [0.05, 0.1) is 6.54 Å². The highest BCUT2D eigenvalue weighted by Gasteiger charge is 2.16. The third-order valence-electron chi connectivity index (χ3n) is 2.03. The van der Waals surface area contributed by atoms with Gasteiger partial charge in [0.1, 0.15) is 10.7 Å². The molecule has 0 aliphatic heterocycles. The van der Waals surface area contributed by atoms with Gasteiger partial charge in [-0.15, -0.1) is 0 Å². The number of anilines is 1. The summed E-state index contributed by atoms with van der Waals surface area (Å²) < 4.78 is 48.8. The van der Waals surface area contributed by atoms with Gasteiger partial charge in [-0.05, 0) is 18.6 Å². The molecule has 0 radical (unpaired) electrons. The van der Waals surface area contributed by atoms with Gasteiger partial charge in [-0.3, -0.25) is 0 Å². The fraction of sp³-hybridized carbons (Fsp3) is 0.500. The van der Waals surface area contributed by atoms with E-state index < -0.39 is 23.0 Å². The number of hydrogen-bond acceptors (Lipinski definition) is 4. The lowest BCUT2D eigenvalue weighted by Crippen LogP contribution is -2.28. The van der Waals surface area contributed by atoms with Crippen molar-refractivity contribution in [1.29, 1.82) is 0 Å². The molecular weight excluding hydrogens is 264 g/mol. The summed E-state index contributed by atoms with van der Waals surface area (Å²) in [4.78, 5) is 3.76. The Hall–Kier alpha value is -1.28. The fourth-order valence-corrected chi connectivity index (χ4v) is 2.10. The Labute approximate surface area is 105 Å². The van der Waals surface area contributed by atoms with Crippen LogP contribution in [0, 0.1) is 0 Å². The molecule has 0 saturated heterocycles. The van der Waals surface area contributed by atoms with Gasteiger partial charge in [0.15, 0.2) is 0 Å². The first-order valence-electron chi connectivity index (χ1n) is 5.43. The molecule has 0 unspecified atom stereocenters.